The molecule has 0 spiro atoms. The zero-order valence-electron chi connectivity index (χ0n) is 6.58. The van der Waals surface area contributed by atoms with E-state index in [-0.39, 0.29) is 7.69 Å². The van der Waals surface area contributed by atoms with Gasteiger partial charge in [0.2, 0.25) is 0 Å². The lowest BCUT2D eigenvalue weighted by molar-refractivity contribution is 0.409. The van der Waals surface area contributed by atoms with E-state index in [9.17, 15) is 0 Å². The Hall–Kier alpha value is -0.865. The minimum absolute atomic E-state index is 0.356. The first-order valence-corrected chi connectivity index (χ1v) is 3.73. The summed E-state index contributed by atoms with van der Waals surface area (Å²) in [5, 5.41) is 8.97. The quantitative estimate of drug-likeness (QED) is 0.716. The molecule has 1 rings (SSSR count). The topological polar surface area (TPSA) is 38.7 Å². The normalized spacial score (nSPS) is 9.25. The van der Waals surface area contributed by atoms with Gasteiger partial charge in [-0.25, -0.2) is 0 Å². The molecule has 5 heteroatoms. The summed E-state index contributed by atoms with van der Waals surface area (Å²) in [6, 6.07) is 4.91. The molecule has 0 saturated heterocycles. The summed E-state index contributed by atoms with van der Waals surface area (Å²) in [6.07, 6.45) is 0. The van der Waals surface area contributed by atoms with Crippen LogP contribution >= 0.6 is 11.6 Å². The number of methoxy groups -OCH3 is 1. The number of halogens is 1. The minimum atomic E-state index is -0.356. The molecular weight excluding hydrogens is 178 g/mol. The van der Waals surface area contributed by atoms with Gasteiger partial charge in [-0.3, -0.25) is 0 Å². The number of ether oxygens (including phenoxy) is 1. The van der Waals surface area contributed by atoms with Crippen LogP contribution in [0.25, 0.3) is 0 Å². The highest BCUT2D eigenvalue weighted by Crippen LogP contribution is 2.28. The molecule has 0 aromatic heterocycles. The average molecular weight is 186 g/mol. The van der Waals surface area contributed by atoms with Gasteiger partial charge in [0.25, 0.3) is 0 Å². The van der Waals surface area contributed by atoms with Crippen molar-refractivity contribution >= 4 is 19.3 Å². The van der Waals surface area contributed by atoms with Crippen LogP contribution in [0.4, 0.5) is 0 Å². The molecule has 0 heterocycles. The van der Waals surface area contributed by atoms with E-state index < -0.39 is 0 Å². The summed E-state index contributed by atoms with van der Waals surface area (Å²) < 4.78 is 9.76. The van der Waals surface area contributed by atoms with E-state index in [4.69, 9.17) is 26.0 Å². The van der Waals surface area contributed by atoms with Gasteiger partial charge in [0.15, 0.2) is 0 Å². The minimum Gasteiger partial charge on any atom is -0.539 e. The molecule has 0 aliphatic heterocycles. The number of hydrogen-bond donors (Lipinski definition) is 1. The van der Waals surface area contributed by atoms with Crippen LogP contribution in [0.2, 0.25) is 5.02 Å². The molecule has 0 fully saturated rings. The number of hydrogen-bond acceptors (Lipinski definition) is 3. The molecule has 1 N–H and O–H groups in total. The Morgan fingerprint density at radius 3 is 2.83 bits per heavy atom. The highest BCUT2D eigenvalue weighted by molar-refractivity contribution is 6.32. The van der Waals surface area contributed by atoms with Gasteiger partial charge < -0.3 is 14.4 Å². The fraction of sp³-hybridized carbons (Fsp3) is 0.143. The van der Waals surface area contributed by atoms with E-state index in [0.717, 1.165) is 0 Å². The Labute approximate surface area is 76.2 Å². The van der Waals surface area contributed by atoms with Crippen molar-refractivity contribution in [3.63, 3.8) is 0 Å². The number of rotatable bonds is 3. The van der Waals surface area contributed by atoms with Crippen LogP contribution in [0, 0.1) is 0 Å². The van der Waals surface area contributed by atoms with Crippen molar-refractivity contribution in [2.24, 2.45) is 0 Å². The lowest BCUT2D eigenvalue weighted by Crippen LogP contribution is -1.99. The molecule has 1 aromatic rings. The first kappa shape index (κ1) is 9.22. The SMILES string of the molecule is COc1cc(OBO)ccc1Cl. The summed E-state index contributed by atoms with van der Waals surface area (Å²) in [5.41, 5.74) is 0. The second-order valence-corrected chi connectivity index (χ2v) is 2.48. The van der Waals surface area contributed by atoms with Crippen molar-refractivity contribution in [2.45, 2.75) is 0 Å². The van der Waals surface area contributed by atoms with Gasteiger partial charge in [-0.1, -0.05) is 11.6 Å². The molecule has 1 aromatic carbocycles. The van der Waals surface area contributed by atoms with Crippen LogP contribution in [0.3, 0.4) is 0 Å². The van der Waals surface area contributed by atoms with Crippen LogP contribution in [-0.2, 0) is 0 Å². The molecular formula is C7H8BClO3. The predicted molar refractivity (Wildman–Crippen MR) is 48.0 cm³/mol. The van der Waals surface area contributed by atoms with Gasteiger partial charge in [-0.15, -0.1) is 0 Å². The van der Waals surface area contributed by atoms with Gasteiger partial charge in [-0.2, -0.15) is 0 Å². The van der Waals surface area contributed by atoms with Gasteiger partial charge in [0.05, 0.1) is 12.1 Å². The van der Waals surface area contributed by atoms with E-state index in [1.165, 1.54) is 7.11 Å². The lowest BCUT2D eigenvalue weighted by Gasteiger charge is -2.05. The predicted octanol–water partition coefficient (Wildman–Crippen LogP) is 0.986. The third kappa shape index (κ3) is 2.06. The lowest BCUT2D eigenvalue weighted by atomic mass is 10.3. The molecule has 0 unspecified atom stereocenters. The molecule has 0 atom stereocenters. The van der Waals surface area contributed by atoms with E-state index in [1.54, 1.807) is 18.2 Å². The second-order valence-electron chi connectivity index (χ2n) is 2.07. The average Bonchev–Trinajstić information content (AvgIpc) is 2.09. The summed E-state index contributed by atoms with van der Waals surface area (Å²) in [6.45, 7) is 0. The summed E-state index contributed by atoms with van der Waals surface area (Å²) in [4.78, 5) is 0. The van der Waals surface area contributed by atoms with Crippen molar-refractivity contribution < 1.29 is 14.4 Å². The molecule has 64 valence electrons. The van der Waals surface area contributed by atoms with Crippen LogP contribution in [0.1, 0.15) is 0 Å². The van der Waals surface area contributed by atoms with E-state index in [2.05, 4.69) is 0 Å². The molecule has 0 bridgehead atoms. The van der Waals surface area contributed by atoms with Crippen LogP contribution < -0.4 is 9.39 Å². The number of benzene rings is 1. The first-order chi connectivity index (χ1) is 5.77. The second kappa shape index (κ2) is 4.23. The van der Waals surface area contributed by atoms with E-state index >= 15 is 0 Å². The maximum atomic E-state index is 8.46. The van der Waals surface area contributed by atoms with Crippen LogP contribution in [0.15, 0.2) is 18.2 Å². The smallest absolute Gasteiger partial charge is 0.504 e. The molecule has 3 nitrogen and oxygen atoms in total. The Balaban J connectivity index is 2.89. The third-order valence-electron chi connectivity index (χ3n) is 1.35. The van der Waals surface area contributed by atoms with Gasteiger partial charge in [0, 0.05) is 6.07 Å². The van der Waals surface area contributed by atoms with Crippen LogP contribution in [0.5, 0.6) is 11.5 Å². The Morgan fingerprint density at radius 1 is 1.50 bits per heavy atom. The first-order valence-electron chi connectivity index (χ1n) is 3.35. The Kier molecular flexibility index (Phi) is 3.25. The van der Waals surface area contributed by atoms with Crippen LogP contribution in [-0.4, -0.2) is 19.8 Å². The molecule has 0 aliphatic carbocycles. The highest BCUT2D eigenvalue weighted by Gasteiger charge is 2.01. The standard InChI is InChI=1S/C7H8BClO3/c1-11-7-4-5(12-8-10)2-3-6(7)9/h2-4,8,10H,1H3. The summed E-state index contributed by atoms with van der Waals surface area (Å²) in [5.74, 6) is 1.06. The Morgan fingerprint density at radius 2 is 2.25 bits per heavy atom. The van der Waals surface area contributed by atoms with Gasteiger partial charge >= 0.3 is 7.69 Å². The van der Waals surface area contributed by atoms with Crippen molar-refractivity contribution in [3.8, 4) is 11.5 Å². The molecule has 0 radical (unpaired) electrons. The molecule has 12 heavy (non-hydrogen) atoms. The fourth-order valence-corrected chi connectivity index (χ4v) is 0.999. The van der Waals surface area contributed by atoms with Crippen molar-refractivity contribution in [3.05, 3.63) is 23.2 Å². The Bertz CT molecular complexity index is 267. The maximum Gasteiger partial charge on any atom is 0.504 e. The third-order valence-corrected chi connectivity index (χ3v) is 1.67. The summed E-state index contributed by atoms with van der Waals surface area (Å²) >= 11 is 5.75. The van der Waals surface area contributed by atoms with E-state index in [1.807, 2.05) is 0 Å². The van der Waals surface area contributed by atoms with Gasteiger partial charge in [-0.05, 0) is 12.1 Å². The molecule has 0 aliphatic rings. The van der Waals surface area contributed by atoms with Crippen molar-refractivity contribution in [1.29, 1.82) is 0 Å². The zero-order valence-corrected chi connectivity index (χ0v) is 7.34. The zero-order chi connectivity index (χ0) is 8.97. The van der Waals surface area contributed by atoms with E-state index in [0.29, 0.717) is 16.5 Å². The molecule has 0 saturated carbocycles. The van der Waals surface area contributed by atoms with Crippen molar-refractivity contribution in [1.82, 2.24) is 0 Å². The maximum absolute atomic E-state index is 8.46. The van der Waals surface area contributed by atoms with Gasteiger partial charge in [0.1, 0.15) is 11.5 Å². The highest BCUT2D eigenvalue weighted by atomic mass is 35.5. The molecule has 0 amide bonds. The monoisotopic (exact) mass is 186 g/mol. The van der Waals surface area contributed by atoms with Crippen molar-refractivity contribution in [2.75, 3.05) is 7.11 Å². The fourth-order valence-electron chi connectivity index (χ4n) is 0.804. The largest absolute Gasteiger partial charge is 0.539 e. The summed E-state index contributed by atoms with van der Waals surface area (Å²) in [7, 11) is 1.16.